The van der Waals surface area contributed by atoms with Gasteiger partial charge in [0.25, 0.3) is 0 Å². The van der Waals surface area contributed by atoms with E-state index in [9.17, 15) is 8.42 Å². The zero-order valence-corrected chi connectivity index (χ0v) is 14.1. The molecule has 6 heteroatoms. The van der Waals surface area contributed by atoms with E-state index in [-0.39, 0.29) is 12.4 Å². The molecule has 2 atom stereocenters. The van der Waals surface area contributed by atoms with Gasteiger partial charge in [-0.2, -0.15) is 4.31 Å². The lowest BCUT2D eigenvalue weighted by Gasteiger charge is -2.34. The molecule has 0 bridgehead atoms. The fraction of sp³-hybridized carbons (Fsp3) is 0.600. The predicted octanol–water partition coefficient (Wildman–Crippen LogP) is 2.10. The number of aryl methyl sites for hydroxylation is 2. The number of piperidine rings is 1. The molecule has 2 aliphatic heterocycles. The van der Waals surface area contributed by atoms with Crippen molar-refractivity contribution in [1.82, 2.24) is 9.62 Å². The molecule has 0 spiro atoms. The zero-order chi connectivity index (χ0) is 14.3. The van der Waals surface area contributed by atoms with Gasteiger partial charge in [0.1, 0.15) is 0 Å². The number of nitrogens with one attached hydrogen (secondary N) is 1. The second-order valence-electron chi connectivity index (χ2n) is 6.03. The van der Waals surface area contributed by atoms with E-state index in [2.05, 4.69) is 5.32 Å². The monoisotopic (exact) mass is 330 g/mol. The van der Waals surface area contributed by atoms with Crippen molar-refractivity contribution in [2.75, 3.05) is 19.6 Å². The SMILES string of the molecule is Cc1ccc(C)c(S(=O)(=O)N2CCC3NCCC3C2)c1.Cl. The molecule has 2 unspecified atom stereocenters. The van der Waals surface area contributed by atoms with Crippen LogP contribution in [0.25, 0.3) is 0 Å². The summed E-state index contributed by atoms with van der Waals surface area (Å²) in [5, 5.41) is 3.47. The van der Waals surface area contributed by atoms with Crippen molar-refractivity contribution in [2.45, 2.75) is 37.6 Å². The minimum absolute atomic E-state index is 0. The van der Waals surface area contributed by atoms with Crippen LogP contribution in [0.4, 0.5) is 0 Å². The van der Waals surface area contributed by atoms with E-state index in [1.54, 1.807) is 10.4 Å². The number of nitrogens with zero attached hydrogens (tertiary/aromatic N) is 1. The standard InChI is InChI=1S/C15H22N2O2S.ClH/c1-11-3-4-12(2)15(9-11)20(18,19)17-8-6-14-13(10-17)5-7-16-14;/h3-4,9,13-14,16H,5-8,10H2,1-2H3;1H. The highest BCUT2D eigenvalue weighted by molar-refractivity contribution is 7.89. The highest BCUT2D eigenvalue weighted by Gasteiger charge is 2.37. The molecule has 1 aromatic carbocycles. The Labute approximate surface area is 133 Å². The Kier molecular flexibility index (Phi) is 4.98. The van der Waals surface area contributed by atoms with Crippen LogP contribution in [0, 0.1) is 19.8 Å². The molecule has 0 aliphatic carbocycles. The summed E-state index contributed by atoms with van der Waals surface area (Å²) in [6, 6.07) is 6.16. The first-order valence-electron chi connectivity index (χ1n) is 7.29. The van der Waals surface area contributed by atoms with Gasteiger partial charge in [0, 0.05) is 19.1 Å². The molecule has 0 aromatic heterocycles. The Morgan fingerprint density at radius 3 is 2.76 bits per heavy atom. The summed E-state index contributed by atoms with van der Waals surface area (Å²) in [4.78, 5) is 0.474. The normalized spacial score (nSPS) is 26.2. The van der Waals surface area contributed by atoms with Gasteiger partial charge in [-0.05, 0) is 56.3 Å². The third kappa shape index (κ3) is 3.11. The first-order valence-corrected chi connectivity index (χ1v) is 8.73. The number of halogens is 1. The van der Waals surface area contributed by atoms with E-state index in [1.165, 1.54) is 0 Å². The lowest BCUT2D eigenvalue weighted by Crippen LogP contribution is -2.46. The largest absolute Gasteiger partial charge is 0.314 e. The van der Waals surface area contributed by atoms with Crippen LogP contribution < -0.4 is 5.32 Å². The molecule has 2 saturated heterocycles. The first-order chi connectivity index (χ1) is 9.48. The van der Waals surface area contributed by atoms with Crippen LogP contribution >= 0.6 is 12.4 Å². The molecular formula is C15H23ClN2O2S. The smallest absolute Gasteiger partial charge is 0.243 e. The second-order valence-corrected chi connectivity index (χ2v) is 7.94. The summed E-state index contributed by atoms with van der Waals surface area (Å²) in [5.41, 5.74) is 1.83. The highest BCUT2D eigenvalue weighted by atomic mass is 35.5. The van der Waals surface area contributed by atoms with Crippen LogP contribution in [-0.4, -0.2) is 38.4 Å². The summed E-state index contributed by atoms with van der Waals surface area (Å²) in [5.74, 6) is 0.476. The Bertz CT molecular complexity index is 618. The van der Waals surface area contributed by atoms with Crippen molar-refractivity contribution in [2.24, 2.45) is 5.92 Å². The number of fused-ring (bicyclic) bond motifs is 1. The summed E-state index contributed by atoms with van der Waals surface area (Å²) < 4.78 is 27.4. The van der Waals surface area contributed by atoms with Gasteiger partial charge >= 0.3 is 0 Å². The van der Waals surface area contributed by atoms with Crippen molar-refractivity contribution in [3.63, 3.8) is 0 Å². The van der Waals surface area contributed by atoms with Gasteiger partial charge in [-0.25, -0.2) is 8.42 Å². The van der Waals surface area contributed by atoms with Crippen molar-refractivity contribution < 1.29 is 8.42 Å². The average molecular weight is 331 g/mol. The summed E-state index contributed by atoms with van der Waals surface area (Å²) in [7, 11) is -3.35. The fourth-order valence-corrected chi connectivity index (χ4v) is 5.18. The van der Waals surface area contributed by atoms with Crippen LogP contribution in [0.2, 0.25) is 0 Å². The molecule has 1 N–H and O–H groups in total. The van der Waals surface area contributed by atoms with Crippen LogP contribution in [0.15, 0.2) is 23.1 Å². The van der Waals surface area contributed by atoms with Crippen molar-refractivity contribution in [3.05, 3.63) is 29.3 Å². The van der Waals surface area contributed by atoms with E-state index in [4.69, 9.17) is 0 Å². The van der Waals surface area contributed by atoms with Gasteiger partial charge < -0.3 is 5.32 Å². The Hall–Kier alpha value is -0.620. The van der Waals surface area contributed by atoms with E-state index in [1.807, 2.05) is 26.0 Å². The van der Waals surface area contributed by atoms with E-state index in [0.717, 1.165) is 30.5 Å². The second kappa shape index (κ2) is 6.24. The van der Waals surface area contributed by atoms with Crippen LogP contribution in [0.5, 0.6) is 0 Å². The fourth-order valence-electron chi connectivity index (χ4n) is 3.36. The molecule has 0 radical (unpaired) electrons. The number of rotatable bonds is 2. The van der Waals surface area contributed by atoms with Crippen LogP contribution in [0.1, 0.15) is 24.0 Å². The van der Waals surface area contributed by atoms with Gasteiger partial charge in [-0.3, -0.25) is 0 Å². The van der Waals surface area contributed by atoms with E-state index < -0.39 is 10.0 Å². The Morgan fingerprint density at radius 1 is 1.24 bits per heavy atom. The molecule has 0 amide bonds. The molecule has 118 valence electrons. The maximum Gasteiger partial charge on any atom is 0.243 e. The molecule has 21 heavy (non-hydrogen) atoms. The van der Waals surface area contributed by atoms with Crippen LogP contribution in [0.3, 0.4) is 0 Å². The zero-order valence-electron chi connectivity index (χ0n) is 12.5. The summed E-state index contributed by atoms with van der Waals surface area (Å²) >= 11 is 0. The minimum Gasteiger partial charge on any atom is -0.314 e. The lowest BCUT2D eigenvalue weighted by atomic mass is 9.95. The van der Waals surface area contributed by atoms with Crippen molar-refractivity contribution >= 4 is 22.4 Å². The molecule has 1 aromatic rings. The number of hydrogen-bond donors (Lipinski definition) is 1. The maximum atomic E-state index is 12.9. The van der Waals surface area contributed by atoms with E-state index >= 15 is 0 Å². The topological polar surface area (TPSA) is 49.4 Å². The molecule has 2 fully saturated rings. The number of hydrogen-bond acceptors (Lipinski definition) is 3. The minimum atomic E-state index is -3.35. The molecule has 2 aliphatic rings. The average Bonchev–Trinajstić information content (AvgIpc) is 2.88. The Morgan fingerprint density at radius 2 is 2.00 bits per heavy atom. The third-order valence-electron chi connectivity index (χ3n) is 4.58. The molecule has 3 rings (SSSR count). The summed E-state index contributed by atoms with van der Waals surface area (Å²) in [6.07, 6.45) is 2.01. The van der Waals surface area contributed by atoms with Gasteiger partial charge in [0.15, 0.2) is 0 Å². The lowest BCUT2D eigenvalue weighted by molar-refractivity contribution is 0.247. The highest BCUT2D eigenvalue weighted by Crippen LogP contribution is 2.29. The van der Waals surface area contributed by atoms with Crippen molar-refractivity contribution in [3.8, 4) is 0 Å². The van der Waals surface area contributed by atoms with Gasteiger partial charge in [-0.1, -0.05) is 12.1 Å². The maximum absolute atomic E-state index is 12.9. The van der Waals surface area contributed by atoms with Gasteiger partial charge in [0.2, 0.25) is 10.0 Å². The van der Waals surface area contributed by atoms with Crippen molar-refractivity contribution in [1.29, 1.82) is 0 Å². The first kappa shape index (κ1) is 16.7. The molecule has 0 saturated carbocycles. The summed E-state index contributed by atoms with van der Waals surface area (Å²) in [6.45, 7) is 6.12. The van der Waals surface area contributed by atoms with Crippen LogP contribution in [-0.2, 0) is 10.0 Å². The predicted molar refractivity (Wildman–Crippen MR) is 86.4 cm³/mol. The number of benzene rings is 1. The van der Waals surface area contributed by atoms with Gasteiger partial charge in [-0.15, -0.1) is 12.4 Å². The molecule has 4 nitrogen and oxygen atoms in total. The molecular weight excluding hydrogens is 308 g/mol. The third-order valence-corrected chi connectivity index (χ3v) is 6.59. The quantitative estimate of drug-likeness (QED) is 0.903. The number of sulfonamides is 1. The van der Waals surface area contributed by atoms with E-state index in [0.29, 0.717) is 29.9 Å². The Balaban J connectivity index is 0.00000161. The molecule has 2 heterocycles. The van der Waals surface area contributed by atoms with Gasteiger partial charge in [0.05, 0.1) is 4.90 Å².